The summed E-state index contributed by atoms with van der Waals surface area (Å²) < 4.78 is 6.37. The summed E-state index contributed by atoms with van der Waals surface area (Å²) in [7, 11) is 0. The number of ether oxygens (including phenoxy) is 1. The van der Waals surface area contributed by atoms with Gasteiger partial charge in [-0.1, -0.05) is 35.9 Å². The molecule has 0 aliphatic rings. The molecule has 0 unspecified atom stereocenters. The number of nitrogens with zero attached hydrogens (tertiary/aromatic N) is 1. The fourth-order valence-corrected chi connectivity index (χ4v) is 3.60. The van der Waals surface area contributed by atoms with E-state index < -0.39 is 11.8 Å². The zero-order valence-electron chi connectivity index (χ0n) is 15.4. The number of carbonyl (C=O) groups is 2. The zero-order valence-corrected chi connectivity index (χ0v) is 17.0. The van der Waals surface area contributed by atoms with Crippen molar-refractivity contribution in [1.82, 2.24) is 10.2 Å². The van der Waals surface area contributed by atoms with Crippen molar-refractivity contribution in [3.8, 4) is 22.1 Å². The number of H-pyrrole nitrogens is 1. The highest BCUT2D eigenvalue weighted by Gasteiger charge is 2.16. The number of carbonyl (C=O) groups excluding carboxylic acids is 2. The summed E-state index contributed by atoms with van der Waals surface area (Å²) in [5, 5.41) is 11.8. The number of amides is 2. The first-order valence-electron chi connectivity index (χ1n) is 8.83. The van der Waals surface area contributed by atoms with Gasteiger partial charge < -0.3 is 15.4 Å². The molecule has 0 bridgehead atoms. The third kappa shape index (κ3) is 4.86. The molecule has 4 aromatic rings. The van der Waals surface area contributed by atoms with E-state index in [4.69, 9.17) is 16.3 Å². The first-order valence-corrected chi connectivity index (χ1v) is 10.0. The van der Waals surface area contributed by atoms with Crippen molar-refractivity contribution in [2.24, 2.45) is 0 Å². The minimum atomic E-state index is -0.841. The third-order valence-electron chi connectivity index (χ3n) is 3.94. The smallest absolute Gasteiger partial charge is 0.315 e. The van der Waals surface area contributed by atoms with Crippen molar-refractivity contribution < 1.29 is 14.3 Å². The number of halogens is 1. The van der Waals surface area contributed by atoms with Gasteiger partial charge in [0.25, 0.3) is 0 Å². The van der Waals surface area contributed by atoms with Gasteiger partial charge in [0.15, 0.2) is 5.82 Å². The fourth-order valence-electron chi connectivity index (χ4n) is 2.59. The highest BCUT2D eigenvalue weighted by atomic mass is 35.5. The SMILES string of the molecule is O=C(Nc1cccc(Oc2ccccc2)c1)C(=O)Nc1cc(-c2ccc(Cl)s2)[nH]n1. The van der Waals surface area contributed by atoms with Crippen molar-refractivity contribution in [2.75, 3.05) is 10.6 Å². The first-order chi connectivity index (χ1) is 14.6. The molecule has 0 aliphatic heterocycles. The second kappa shape index (κ2) is 8.81. The van der Waals surface area contributed by atoms with Crippen molar-refractivity contribution >= 4 is 46.3 Å². The molecular weight excluding hydrogens is 424 g/mol. The van der Waals surface area contributed by atoms with E-state index in [1.807, 2.05) is 36.4 Å². The van der Waals surface area contributed by atoms with Crippen LogP contribution in [0, 0.1) is 0 Å². The summed E-state index contributed by atoms with van der Waals surface area (Å²) in [6, 6.07) is 21.2. The van der Waals surface area contributed by atoms with Gasteiger partial charge in [-0.2, -0.15) is 5.10 Å². The Kier molecular flexibility index (Phi) is 5.78. The van der Waals surface area contributed by atoms with Crippen molar-refractivity contribution in [3.05, 3.63) is 77.1 Å². The molecule has 0 saturated carbocycles. The van der Waals surface area contributed by atoms with Gasteiger partial charge in [0.1, 0.15) is 11.5 Å². The lowest BCUT2D eigenvalue weighted by Gasteiger charge is -2.08. The summed E-state index contributed by atoms with van der Waals surface area (Å²) in [4.78, 5) is 25.3. The van der Waals surface area contributed by atoms with E-state index >= 15 is 0 Å². The van der Waals surface area contributed by atoms with Gasteiger partial charge >= 0.3 is 11.8 Å². The topological polar surface area (TPSA) is 96.1 Å². The van der Waals surface area contributed by atoms with Crippen LogP contribution in [-0.2, 0) is 9.59 Å². The monoisotopic (exact) mass is 438 g/mol. The van der Waals surface area contributed by atoms with E-state index in [1.165, 1.54) is 11.3 Å². The number of hydrogen-bond donors (Lipinski definition) is 3. The molecule has 2 aromatic carbocycles. The lowest BCUT2D eigenvalue weighted by molar-refractivity contribution is -0.133. The molecule has 2 heterocycles. The first kappa shape index (κ1) is 19.7. The summed E-state index contributed by atoms with van der Waals surface area (Å²) in [6.45, 7) is 0. The molecule has 3 N–H and O–H groups in total. The summed E-state index contributed by atoms with van der Waals surface area (Å²) in [6.07, 6.45) is 0. The highest BCUT2D eigenvalue weighted by Crippen LogP contribution is 2.30. The molecule has 0 saturated heterocycles. The molecule has 2 aromatic heterocycles. The molecule has 7 nitrogen and oxygen atoms in total. The Bertz CT molecular complexity index is 1190. The van der Waals surface area contributed by atoms with Gasteiger partial charge in [0.05, 0.1) is 14.9 Å². The molecule has 0 radical (unpaired) electrons. The van der Waals surface area contributed by atoms with Crippen LogP contribution in [-0.4, -0.2) is 22.0 Å². The number of para-hydroxylation sites is 1. The van der Waals surface area contributed by atoms with Crippen LogP contribution in [0.2, 0.25) is 4.34 Å². The van der Waals surface area contributed by atoms with Crippen molar-refractivity contribution in [1.29, 1.82) is 0 Å². The molecule has 4 rings (SSSR count). The Morgan fingerprint density at radius 3 is 2.43 bits per heavy atom. The quantitative estimate of drug-likeness (QED) is 0.375. The van der Waals surface area contributed by atoms with Crippen LogP contribution >= 0.6 is 22.9 Å². The van der Waals surface area contributed by atoms with Crippen LogP contribution in [0.25, 0.3) is 10.6 Å². The van der Waals surface area contributed by atoms with Gasteiger partial charge in [0, 0.05) is 17.8 Å². The molecular formula is C21H15ClN4O3S. The molecule has 30 heavy (non-hydrogen) atoms. The summed E-state index contributed by atoms with van der Waals surface area (Å²) in [5.41, 5.74) is 1.12. The average Bonchev–Trinajstić information content (AvgIpc) is 3.38. The van der Waals surface area contributed by atoms with Gasteiger partial charge in [0.2, 0.25) is 0 Å². The van der Waals surface area contributed by atoms with Crippen LogP contribution in [0.3, 0.4) is 0 Å². The zero-order chi connectivity index (χ0) is 20.9. The Hall–Kier alpha value is -3.62. The number of rotatable bonds is 5. The highest BCUT2D eigenvalue weighted by molar-refractivity contribution is 7.19. The normalized spacial score (nSPS) is 10.4. The number of benzene rings is 2. The lowest BCUT2D eigenvalue weighted by Crippen LogP contribution is -2.29. The summed E-state index contributed by atoms with van der Waals surface area (Å²) >= 11 is 7.30. The van der Waals surface area contributed by atoms with Gasteiger partial charge in [-0.3, -0.25) is 14.7 Å². The Balaban J connectivity index is 1.37. The largest absolute Gasteiger partial charge is 0.457 e. The predicted molar refractivity (Wildman–Crippen MR) is 117 cm³/mol. The van der Waals surface area contributed by atoms with Crippen LogP contribution in [0.4, 0.5) is 11.5 Å². The molecule has 0 aliphatic carbocycles. The molecule has 0 fully saturated rings. The fraction of sp³-hybridized carbons (Fsp3) is 0. The molecule has 9 heteroatoms. The van der Waals surface area contributed by atoms with Gasteiger partial charge in [-0.15, -0.1) is 11.3 Å². The summed E-state index contributed by atoms with van der Waals surface area (Å²) in [5.74, 6) is -0.232. The number of thiophene rings is 1. The van der Waals surface area contributed by atoms with E-state index in [9.17, 15) is 9.59 Å². The maximum atomic E-state index is 12.2. The van der Waals surface area contributed by atoms with Crippen LogP contribution in [0.15, 0.2) is 72.8 Å². The second-order valence-corrected chi connectivity index (χ2v) is 7.84. The minimum Gasteiger partial charge on any atom is -0.457 e. The number of aromatic amines is 1. The van der Waals surface area contributed by atoms with Gasteiger partial charge in [-0.05, 0) is 36.4 Å². The number of nitrogens with one attached hydrogen (secondary N) is 3. The van der Waals surface area contributed by atoms with Crippen LogP contribution in [0.5, 0.6) is 11.5 Å². The molecule has 0 spiro atoms. The van der Waals surface area contributed by atoms with E-state index in [1.54, 1.807) is 36.4 Å². The molecule has 150 valence electrons. The second-order valence-electron chi connectivity index (χ2n) is 6.12. The van der Waals surface area contributed by atoms with Crippen molar-refractivity contribution in [3.63, 3.8) is 0 Å². The Morgan fingerprint density at radius 2 is 1.67 bits per heavy atom. The van der Waals surface area contributed by atoms with E-state index in [-0.39, 0.29) is 5.82 Å². The maximum absolute atomic E-state index is 12.2. The minimum absolute atomic E-state index is 0.232. The van der Waals surface area contributed by atoms with Gasteiger partial charge in [-0.25, -0.2) is 0 Å². The van der Waals surface area contributed by atoms with Crippen LogP contribution in [0.1, 0.15) is 0 Å². The third-order valence-corrected chi connectivity index (χ3v) is 5.20. The Labute approximate surface area is 180 Å². The number of anilines is 2. The average molecular weight is 439 g/mol. The molecule has 2 amide bonds. The predicted octanol–water partition coefficient (Wildman–Crippen LogP) is 5.16. The number of aromatic nitrogens is 2. The van der Waals surface area contributed by atoms with Crippen LogP contribution < -0.4 is 15.4 Å². The standard InChI is InChI=1S/C21H15ClN4O3S/c22-18-10-9-17(30-18)16-12-19(26-25-16)24-21(28)20(27)23-13-5-4-8-15(11-13)29-14-6-2-1-3-7-14/h1-12H,(H,23,27)(H2,24,25,26,28). The van der Waals surface area contributed by atoms with E-state index in [0.717, 1.165) is 4.88 Å². The van der Waals surface area contributed by atoms with E-state index in [2.05, 4.69) is 20.8 Å². The van der Waals surface area contributed by atoms with Crippen molar-refractivity contribution in [2.45, 2.75) is 0 Å². The van der Waals surface area contributed by atoms with E-state index in [0.29, 0.717) is 27.2 Å². The maximum Gasteiger partial charge on any atom is 0.315 e. The molecule has 0 atom stereocenters. The Morgan fingerprint density at radius 1 is 0.900 bits per heavy atom. The number of hydrogen-bond acceptors (Lipinski definition) is 5. The lowest BCUT2D eigenvalue weighted by atomic mass is 10.3.